The molecular weight excluding hydrogens is 336 g/mol. The third-order valence-electron chi connectivity index (χ3n) is 3.83. The van der Waals surface area contributed by atoms with Crippen LogP contribution < -0.4 is 4.90 Å². The summed E-state index contributed by atoms with van der Waals surface area (Å²) in [6, 6.07) is 3.74. The molecule has 0 atom stereocenters. The van der Waals surface area contributed by atoms with Crippen molar-refractivity contribution in [1.82, 2.24) is 25.1 Å². The fraction of sp³-hybridized carbons (Fsp3) is 0.235. The first-order valence-electron chi connectivity index (χ1n) is 7.78. The predicted molar refractivity (Wildman–Crippen MR) is 96.5 cm³/mol. The molecule has 0 fully saturated rings. The zero-order valence-electron chi connectivity index (χ0n) is 14.1. The summed E-state index contributed by atoms with van der Waals surface area (Å²) in [4.78, 5) is 20.7. The lowest BCUT2D eigenvalue weighted by molar-refractivity contribution is 0.378. The molecule has 4 heterocycles. The average Bonchev–Trinajstić information content (AvgIpc) is 3.22. The van der Waals surface area contributed by atoms with E-state index in [-0.39, 0.29) is 0 Å². The maximum absolute atomic E-state index is 5.39. The summed E-state index contributed by atoms with van der Waals surface area (Å²) in [5.41, 5.74) is 2.00. The topological polar surface area (TPSA) is 80.8 Å². The molecule has 0 unspecified atom stereocenters. The average molecular weight is 352 g/mol. The molecule has 0 saturated heterocycles. The molecule has 8 heteroatoms. The first kappa shape index (κ1) is 15.6. The Labute approximate surface area is 148 Å². The van der Waals surface area contributed by atoms with E-state index in [1.807, 2.05) is 31.0 Å². The van der Waals surface area contributed by atoms with Gasteiger partial charge in [0.15, 0.2) is 0 Å². The van der Waals surface area contributed by atoms with Crippen LogP contribution >= 0.6 is 11.3 Å². The molecule has 4 aromatic heterocycles. The van der Waals surface area contributed by atoms with E-state index in [4.69, 9.17) is 4.52 Å². The van der Waals surface area contributed by atoms with Crippen LogP contribution in [0.15, 0.2) is 34.4 Å². The lowest BCUT2D eigenvalue weighted by Crippen LogP contribution is -2.19. The van der Waals surface area contributed by atoms with E-state index in [1.54, 1.807) is 23.7 Å². The van der Waals surface area contributed by atoms with Crippen LogP contribution in [-0.4, -0.2) is 32.1 Å². The summed E-state index contributed by atoms with van der Waals surface area (Å²) < 4.78 is 5.39. The second-order valence-electron chi connectivity index (χ2n) is 5.80. The molecule has 0 amide bonds. The number of thiophene rings is 1. The van der Waals surface area contributed by atoms with Crippen LogP contribution in [0.3, 0.4) is 0 Å². The molecule has 7 nitrogen and oxygen atoms in total. The minimum absolute atomic E-state index is 0.466. The lowest BCUT2D eigenvalue weighted by atomic mass is 10.2. The summed E-state index contributed by atoms with van der Waals surface area (Å²) >= 11 is 1.63. The van der Waals surface area contributed by atoms with Crippen LogP contribution in [0.5, 0.6) is 0 Å². The largest absolute Gasteiger partial charge is 0.350 e. The summed E-state index contributed by atoms with van der Waals surface area (Å²) in [5.74, 6) is 2.69. The molecule has 0 bridgehead atoms. The van der Waals surface area contributed by atoms with Crippen molar-refractivity contribution in [2.45, 2.75) is 20.4 Å². The van der Waals surface area contributed by atoms with Gasteiger partial charge in [-0.3, -0.25) is 4.98 Å². The SMILES string of the molecule is Cc1nc(N(C)Cc2nc(-c3cccnc3)no2)c2c(C)csc2n1. The van der Waals surface area contributed by atoms with E-state index in [2.05, 4.69) is 37.4 Å². The number of aromatic nitrogens is 5. The molecule has 0 radical (unpaired) electrons. The zero-order chi connectivity index (χ0) is 17.4. The van der Waals surface area contributed by atoms with Crippen LogP contribution in [0.4, 0.5) is 5.82 Å². The highest BCUT2D eigenvalue weighted by Gasteiger charge is 2.17. The Kier molecular flexibility index (Phi) is 3.89. The molecule has 4 rings (SSSR count). The van der Waals surface area contributed by atoms with Crippen LogP contribution in [0.1, 0.15) is 17.3 Å². The molecule has 0 aliphatic rings. The van der Waals surface area contributed by atoms with Gasteiger partial charge >= 0.3 is 0 Å². The summed E-state index contributed by atoms with van der Waals surface area (Å²) in [5, 5.41) is 7.21. The molecular formula is C17H16N6OS. The molecule has 0 aliphatic heterocycles. The third-order valence-corrected chi connectivity index (χ3v) is 4.82. The fourth-order valence-corrected chi connectivity index (χ4v) is 3.61. The molecule has 126 valence electrons. The van der Waals surface area contributed by atoms with E-state index in [0.29, 0.717) is 18.3 Å². The maximum atomic E-state index is 5.39. The highest BCUT2D eigenvalue weighted by atomic mass is 32.1. The van der Waals surface area contributed by atoms with Gasteiger partial charge in [-0.25, -0.2) is 9.97 Å². The number of hydrogen-bond donors (Lipinski definition) is 0. The van der Waals surface area contributed by atoms with Gasteiger partial charge in [0.05, 0.1) is 11.9 Å². The molecule has 0 aromatic carbocycles. The number of nitrogens with zero attached hydrogens (tertiary/aromatic N) is 6. The number of rotatable bonds is 4. The summed E-state index contributed by atoms with van der Waals surface area (Å²) in [7, 11) is 1.96. The molecule has 0 saturated carbocycles. The maximum Gasteiger partial charge on any atom is 0.246 e. The van der Waals surface area contributed by atoms with Gasteiger partial charge in [-0.2, -0.15) is 4.98 Å². The minimum Gasteiger partial charge on any atom is -0.350 e. The second-order valence-corrected chi connectivity index (χ2v) is 6.66. The Hall–Kier alpha value is -2.87. The van der Waals surface area contributed by atoms with Crippen molar-refractivity contribution in [2.75, 3.05) is 11.9 Å². The minimum atomic E-state index is 0.466. The van der Waals surface area contributed by atoms with Gasteiger partial charge in [0.25, 0.3) is 0 Å². The molecule has 0 aliphatic carbocycles. The van der Waals surface area contributed by atoms with Crippen molar-refractivity contribution in [1.29, 1.82) is 0 Å². The third kappa shape index (κ3) is 2.96. The second kappa shape index (κ2) is 6.21. The van der Waals surface area contributed by atoms with E-state index < -0.39 is 0 Å². The highest BCUT2D eigenvalue weighted by molar-refractivity contribution is 7.17. The van der Waals surface area contributed by atoms with E-state index in [1.165, 1.54) is 5.56 Å². The van der Waals surface area contributed by atoms with E-state index in [9.17, 15) is 0 Å². The quantitative estimate of drug-likeness (QED) is 0.557. The highest BCUT2D eigenvalue weighted by Crippen LogP contribution is 2.31. The summed E-state index contributed by atoms with van der Waals surface area (Å²) in [6.45, 7) is 4.44. The lowest BCUT2D eigenvalue weighted by Gasteiger charge is -2.17. The first-order chi connectivity index (χ1) is 12.1. The molecule has 4 aromatic rings. The Morgan fingerprint density at radius 2 is 2.08 bits per heavy atom. The fourth-order valence-electron chi connectivity index (χ4n) is 2.65. The molecule has 25 heavy (non-hydrogen) atoms. The predicted octanol–water partition coefficient (Wildman–Crippen LogP) is 3.39. The van der Waals surface area contributed by atoms with Crippen LogP contribution in [0.25, 0.3) is 21.6 Å². The normalized spacial score (nSPS) is 11.2. The Balaban J connectivity index is 1.64. The molecule has 0 spiro atoms. The van der Waals surface area contributed by atoms with Gasteiger partial charge in [0, 0.05) is 25.0 Å². The molecule has 0 N–H and O–H groups in total. The van der Waals surface area contributed by atoms with Crippen molar-refractivity contribution < 1.29 is 4.52 Å². The number of hydrogen-bond acceptors (Lipinski definition) is 8. The van der Waals surface area contributed by atoms with Crippen molar-refractivity contribution in [2.24, 2.45) is 0 Å². The van der Waals surface area contributed by atoms with Crippen LogP contribution in [0, 0.1) is 13.8 Å². The Bertz CT molecular complexity index is 1030. The zero-order valence-corrected chi connectivity index (χ0v) is 14.9. The number of anilines is 1. The van der Waals surface area contributed by atoms with E-state index >= 15 is 0 Å². The summed E-state index contributed by atoms with van der Waals surface area (Å²) in [6.07, 6.45) is 3.43. The Morgan fingerprint density at radius 1 is 1.20 bits per heavy atom. The van der Waals surface area contributed by atoms with Crippen molar-refractivity contribution in [3.63, 3.8) is 0 Å². The number of pyridine rings is 1. The van der Waals surface area contributed by atoms with Crippen molar-refractivity contribution in [3.05, 3.63) is 47.2 Å². The monoisotopic (exact) mass is 352 g/mol. The van der Waals surface area contributed by atoms with Crippen molar-refractivity contribution in [3.8, 4) is 11.4 Å². The van der Waals surface area contributed by atoms with Gasteiger partial charge in [-0.15, -0.1) is 11.3 Å². The van der Waals surface area contributed by atoms with Gasteiger partial charge in [0.1, 0.15) is 16.5 Å². The first-order valence-corrected chi connectivity index (χ1v) is 8.66. The van der Waals surface area contributed by atoms with Crippen LogP contribution in [0.2, 0.25) is 0 Å². The van der Waals surface area contributed by atoms with Gasteiger partial charge in [-0.05, 0) is 36.9 Å². The number of aryl methyl sites for hydroxylation is 2. The smallest absolute Gasteiger partial charge is 0.246 e. The van der Waals surface area contributed by atoms with Gasteiger partial charge < -0.3 is 9.42 Å². The van der Waals surface area contributed by atoms with E-state index in [0.717, 1.165) is 27.4 Å². The van der Waals surface area contributed by atoms with Crippen molar-refractivity contribution >= 4 is 27.4 Å². The number of fused-ring (bicyclic) bond motifs is 1. The Morgan fingerprint density at radius 3 is 2.88 bits per heavy atom. The van der Waals surface area contributed by atoms with Gasteiger partial charge in [-0.1, -0.05) is 5.16 Å². The van der Waals surface area contributed by atoms with Crippen LogP contribution in [-0.2, 0) is 6.54 Å². The van der Waals surface area contributed by atoms with Gasteiger partial charge in [0.2, 0.25) is 11.7 Å². The standard InChI is InChI=1S/C17H16N6OS/c1-10-9-25-17-14(10)16(19-11(2)20-17)23(3)8-13-21-15(22-24-13)12-5-4-6-18-7-12/h4-7,9H,8H2,1-3H3.